The van der Waals surface area contributed by atoms with Gasteiger partial charge in [-0.05, 0) is 24.1 Å². The van der Waals surface area contributed by atoms with E-state index in [1.54, 1.807) is 9.80 Å². The number of amides is 2. The summed E-state index contributed by atoms with van der Waals surface area (Å²) in [7, 11) is 1.85. The number of aromatic nitrogens is 1. The maximum absolute atomic E-state index is 13.6. The normalized spacial score (nSPS) is 22.2. The summed E-state index contributed by atoms with van der Waals surface area (Å²) in [6.07, 6.45) is 0.797. The second-order valence-electron chi connectivity index (χ2n) is 8.88. The highest BCUT2D eigenvalue weighted by molar-refractivity contribution is 5.89. The van der Waals surface area contributed by atoms with Gasteiger partial charge in [0.2, 0.25) is 11.8 Å². The van der Waals surface area contributed by atoms with E-state index in [1.807, 2.05) is 55.6 Å². The van der Waals surface area contributed by atoms with Crippen molar-refractivity contribution in [1.82, 2.24) is 19.7 Å². The SMILES string of the molecule is CN1C(=O)CN(Cc2ccccc2)C(=O)[C@H]2CN(Cc3ccc4ccccc4n3)CC[C@H]21. The van der Waals surface area contributed by atoms with Crippen LogP contribution in [0.15, 0.2) is 66.7 Å². The standard InChI is InChI=1S/C26H28N4O2/c1-28-24-13-14-29(16-21-12-11-20-9-5-6-10-23(20)27-21)17-22(24)26(32)30(18-25(28)31)15-19-7-3-2-4-8-19/h2-12,22,24H,13-18H2,1H3/t22-,24+/m0/s1. The Hall–Kier alpha value is -3.25. The number of likely N-dealkylation sites (tertiary alicyclic amines) is 1. The molecule has 0 radical (unpaired) electrons. The van der Waals surface area contributed by atoms with Crippen molar-refractivity contribution in [3.63, 3.8) is 0 Å². The number of carbonyl (C=O) groups is 2. The molecule has 0 bridgehead atoms. The zero-order valence-corrected chi connectivity index (χ0v) is 18.4. The molecule has 6 nitrogen and oxygen atoms in total. The number of carbonyl (C=O) groups excluding carboxylic acids is 2. The van der Waals surface area contributed by atoms with Crippen LogP contribution in [-0.4, -0.2) is 64.2 Å². The van der Waals surface area contributed by atoms with Gasteiger partial charge in [-0.25, -0.2) is 0 Å². The second kappa shape index (κ2) is 8.71. The van der Waals surface area contributed by atoms with Gasteiger partial charge in [0.25, 0.3) is 0 Å². The summed E-state index contributed by atoms with van der Waals surface area (Å²) < 4.78 is 0. The number of para-hydroxylation sites is 1. The van der Waals surface area contributed by atoms with E-state index in [4.69, 9.17) is 4.98 Å². The molecule has 1 aromatic heterocycles. The third-order valence-electron chi connectivity index (χ3n) is 6.76. The van der Waals surface area contributed by atoms with Crippen LogP contribution < -0.4 is 0 Å². The van der Waals surface area contributed by atoms with Crippen LogP contribution in [-0.2, 0) is 22.7 Å². The molecule has 0 aliphatic carbocycles. The molecule has 2 atom stereocenters. The molecule has 6 heteroatoms. The van der Waals surface area contributed by atoms with Crippen molar-refractivity contribution in [1.29, 1.82) is 0 Å². The number of fused-ring (bicyclic) bond motifs is 2. The summed E-state index contributed by atoms with van der Waals surface area (Å²) in [5.74, 6) is -0.122. The maximum atomic E-state index is 13.6. The van der Waals surface area contributed by atoms with Gasteiger partial charge in [-0.1, -0.05) is 54.6 Å². The summed E-state index contributed by atoms with van der Waals surface area (Å²) in [6, 6.07) is 22.1. The Balaban J connectivity index is 1.35. The average Bonchev–Trinajstić information content (AvgIpc) is 2.90. The molecule has 164 valence electrons. The van der Waals surface area contributed by atoms with Crippen LogP contribution in [0.3, 0.4) is 0 Å². The molecule has 2 saturated heterocycles. The minimum atomic E-state index is -0.218. The van der Waals surface area contributed by atoms with Crippen molar-refractivity contribution < 1.29 is 9.59 Å². The topological polar surface area (TPSA) is 56.8 Å². The fourth-order valence-corrected chi connectivity index (χ4v) is 4.99. The lowest BCUT2D eigenvalue weighted by Crippen LogP contribution is -2.53. The summed E-state index contributed by atoms with van der Waals surface area (Å²) in [6.45, 7) is 2.80. The molecule has 2 aromatic carbocycles. The fourth-order valence-electron chi connectivity index (χ4n) is 4.99. The zero-order valence-electron chi connectivity index (χ0n) is 18.4. The van der Waals surface area contributed by atoms with Crippen LogP contribution in [0.4, 0.5) is 0 Å². The molecule has 0 saturated carbocycles. The highest BCUT2D eigenvalue weighted by Gasteiger charge is 2.43. The minimum Gasteiger partial charge on any atom is -0.340 e. The molecule has 2 amide bonds. The van der Waals surface area contributed by atoms with Gasteiger partial charge in [-0.2, -0.15) is 0 Å². The molecule has 32 heavy (non-hydrogen) atoms. The largest absolute Gasteiger partial charge is 0.340 e. The Bertz CT molecular complexity index is 1130. The molecular weight excluding hydrogens is 400 g/mol. The molecule has 2 fully saturated rings. The zero-order chi connectivity index (χ0) is 22.1. The number of piperidine rings is 1. The lowest BCUT2D eigenvalue weighted by Gasteiger charge is -2.40. The number of rotatable bonds is 4. The molecule has 2 aliphatic rings. The van der Waals surface area contributed by atoms with E-state index in [0.717, 1.165) is 35.1 Å². The fraction of sp³-hybridized carbons (Fsp3) is 0.346. The van der Waals surface area contributed by atoms with E-state index in [2.05, 4.69) is 23.1 Å². The molecule has 5 rings (SSSR count). The lowest BCUT2D eigenvalue weighted by atomic mass is 9.90. The van der Waals surface area contributed by atoms with E-state index >= 15 is 0 Å². The molecule has 2 aliphatic heterocycles. The number of nitrogens with zero attached hydrogens (tertiary/aromatic N) is 4. The summed E-state index contributed by atoms with van der Waals surface area (Å²) >= 11 is 0. The van der Waals surface area contributed by atoms with Crippen LogP contribution in [0.25, 0.3) is 10.9 Å². The first-order valence-electron chi connectivity index (χ1n) is 11.2. The predicted octanol–water partition coefficient (Wildman–Crippen LogP) is 2.93. The van der Waals surface area contributed by atoms with Crippen molar-refractivity contribution in [3.05, 3.63) is 78.0 Å². The summed E-state index contributed by atoms with van der Waals surface area (Å²) in [5.41, 5.74) is 3.04. The predicted molar refractivity (Wildman–Crippen MR) is 124 cm³/mol. The summed E-state index contributed by atoms with van der Waals surface area (Å²) in [4.78, 5) is 37.0. The molecular formula is C26H28N4O2. The number of likely N-dealkylation sites (N-methyl/N-ethyl adjacent to an activating group) is 1. The first-order valence-corrected chi connectivity index (χ1v) is 11.2. The van der Waals surface area contributed by atoms with E-state index in [9.17, 15) is 9.59 Å². The van der Waals surface area contributed by atoms with Gasteiger partial charge in [0, 0.05) is 44.7 Å². The number of benzene rings is 2. The van der Waals surface area contributed by atoms with Crippen LogP contribution in [0.1, 0.15) is 17.7 Å². The van der Waals surface area contributed by atoms with Crippen molar-refractivity contribution >= 4 is 22.7 Å². The van der Waals surface area contributed by atoms with Gasteiger partial charge in [0.1, 0.15) is 6.54 Å². The van der Waals surface area contributed by atoms with Crippen molar-refractivity contribution in [2.45, 2.75) is 25.6 Å². The highest BCUT2D eigenvalue weighted by atomic mass is 16.2. The first kappa shape index (κ1) is 20.6. The lowest BCUT2D eigenvalue weighted by molar-refractivity contribution is -0.139. The van der Waals surface area contributed by atoms with Gasteiger partial charge in [-0.15, -0.1) is 0 Å². The Morgan fingerprint density at radius 1 is 0.938 bits per heavy atom. The van der Waals surface area contributed by atoms with Crippen molar-refractivity contribution in [2.75, 3.05) is 26.7 Å². The van der Waals surface area contributed by atoms with Crippen LogP contribution in [0.5, 0.6) is 0 Å². The quantitative estimate of drug-likeness (QED) is 0.641. The molecule has 0 unspecified atom stereocenters. The highest BCUT2D eigenvalue weighted by Crippen LogP contribution is 2.28. The average molecular weight is 429 g/mol. The van der Waals surface area contributed by atoms with Crippen molar-refractivity contribution in [2.24, 2.45) is 5.92 Å². The Kier molecular flexibility index (Phi) is 5.62. The van der Waals surface area contributed by atoms with Gasteiger partial charge in [0.15, 0.2) is 0 Å². The third kappa shape index (κ3) is 4.10. The van der Waals surface area contributed by atoms with Crippen LogP contribution in [0.2, 0.25) is 0 Å². The number of pyridine rings is 1. The van der Waals surface area contributed by atoms with Gasteiger partial charge < -0.3 is 9.80 Å². The van der Waals surface area contributed by atoms with Gasteiger partial charge in [0.05, 0.1) is 17.1 Å². The maximum Gasteiger partial charge on any atom is 0.242 e. The van der Waals surface area contributed by atoms with Gasteiger partial charge >= 0.3 is 0 Å². The molecule has 0 spiro atoms. The summed E-state index contributed by atoms with van der Waals surface area (Å²) in [5, 5.41) is 1.13. The van der Waals surface area contributed by atoms with E-state index in [0.29, 0.717) is 19.6 Å². The second-order valence-corrected chi connectivity index (χ2v) is 8.88. The van der Waals surface area contributed by atoms with Crippen LogP contribution in [0, 0.1) is 5.92 Å². The third-order valence-corrected chi connectivity index (χ3v) is 6.76. The van der Waals surface area contributed by atoms with Crippen molar-refractivity contribution in [3.8, 4) is 0 Å². The van der Waals surface area contributed by atoms with Gasteiger partial charge in [-0.3, -0.25) is 19.5 Å². The Morgan fingerprint density at radius 2 is 1.72 bits per heavy atom. The molecule has 3 heterocycles. The van der Waals surface area contributed by atoms with E-state index in [1.165, 1.54) is 0 Å². The monoisotopic (exact) mass is 428 g/mol. The number of hydrogen-bond donors (Lipinski definition) is 0. The molecule has 0 N–H and O–H groups in total. The number of hydrogen-bond acceptors (Lipinski definition) is 4. The molecule has 3 aromatic rings. The minimum absolute atomic E-state index is 0.0198. The first-order chi connectivity index (χ1) is 15.6. The Labute approximate surface area is 188 Å². The van der Waals surface area contributed by atoms with E-state index < -0.39 is 0 Å². The Morgan fingerprint density at radius 3 is 2.56 bits per heavy atom. The van der Waals surface area contributed by atoms with Crippen LogP contribution >= 0.6 is 0 Å². The van der Waals surface area contributed by atoms with E-state index in [-0.39, 0.29) is 30.3 Å². The smallest absolute Gasteiger partial charge is 0.242 e.